The maximum Gasteiger partial charge on any atom is 0.356 e. The van der Waals surface area contributed by atoms with Crippen LogP contribution in [-0.2, 0) is 14.4 Å². The summed E-state index contributed by atoms with van der Waals surface area (Å²) in [7, 11) is 0. The van der Waals surface area contributed by atoms with Gasteiger partial charge in [-0.25, -0.2) is 4.79 Å². The van der Waals surface area contributed by atoms with Crippen LogP contribution < -0.4 is 4.74 Å². The number of oxime groups is 1. The molecule has 1 heterocycles. The van der Waals surface area contributed by atoms with Crippen LogP contribution in [0.25, 0.3) is 0 Å². The van der Waals surface area contributed by atoms with Crippen LogP contribution in [0.1, 0.15) is 59.3 Å². The predicted molar refractivity (Wildman–Crippen MR) is 99.9 cm³/mol. The van der Waals surface area contributed by atoms with Crippen molar-refractivity contribution in [3.8, 4) is 5.75 Å². The second kappa shape index (κ2) is 13.3. The van der Waals surface area contributed by atoms with E-state index in [9.17, 15) is 4.79 Å². The van der Waals surface area contributed by atoms with Crippen LogP contribution in [0.5, 0.6) is 5.75 Å². The average Bonchev–Trinajstić information content (AvgIpc) is 3.13. The Morgan fingerprint density at radius 3 is 2.60 bits per heavy atom. The fourth-order valence-corrected chi connectivity index (χ4v) is 2.45. The number of hydrogen-bond acceptors (Lipinski definition) is 5. The van der Waals surface area contributed by atoms with Crippen molar-refractivity contribution in [3.05, 3.63) is 30.3 Å². The zero-order valence-electron chi connectivity index (χ0n) is 15.7. The summed E-state index contributed by atoms with van der Waals surface area (Å²) in [5.74, 6) is 0.573. The predicted octanol–water partition coefficient (Wildman–Crippen LogP) is 4.75. The molecule has 1 atom stereocenters. The lowest BCUT2D eigenvalue weighted by Gasteiger charge is -2.08. The van der Waals surface area contributed by atoms with Gasteiger partial charge in [0, 0.05) is 6.42 Å². The van der Waals surface area contributed by atoms with E-state index in [0.29, 0.717) is 18.7 Å². The summed E-state index contributed by atoms with van der Waals surface area (Å²) < 4.78 is 10.6. The van der Waals surface area contributed by atoms with Gasteiger partial charge in [-0.1, -0.05) is 50.0 Å². The number of para-hydroxylation sites is 1. The molecule has 1 aromatic carbocycles. The van der Waals surface area contributed by atoms with E-state index in [1.54, 1.807) is 6.92 Å². The Kier molecular flexibility index (Phi) is 11.2. The lowest BCUT2D eigenvalue weighted by molar-refractivity contribution is -0.135. The van der Waals surface area contributed by atoms with Crippen molar-refractivity contribution in [2.45, 2.75) is 65.4 Å². The summed E-state index contributed by atoms with van der Waals surface area (Å²) in [5.41, 5.74) is 0.410. The van der Waals surface area contributed by atoms with Crippen LogP contribution in [0, 0.1) is 0 Å². The number of ether oxygens (including phenoxy) is 2. The normalized spacial score (nSPS) is 15.5. The van der Waals surface area contributed by atoms with Gasteiger partial charge in [0.05, 0.1) is 13.2 Å². The maximum atomic E-state index is 11.5. The zero-order chi connectivity index (χ0) is 18.3. The fraction of sp³-hybridized carbons (Fsp3) is 0.600. The zero-order valence-corrected chi connectivity index (χ0v) is 15.7. The molecule has 5 heteroatoms. The van der Waals surface area contributed by atoms with E-state index in [-0.39, 0.29) is 12.1 Å². The monoisotopic (exact) mass is 349 g/mol. The summed E-state index contributed by atoms with van der Waals surface area (Å²) in [6, 6.07) is 9.87. The van der Waals surface area contributed by atoms with Gasteiger partial charge in [-0.2, -0.15) is 0 Å². The van der Waals surface area contributed by atoms with Gasteiger partial charge in [-0.05, 0) is 38.3 Å². The van der Waals surface area contributed by atoms with E-state index in [1.807, 2.05) is 44.2 Å². The molecule has 0 saturated carbocycles. The molecule has 1 unspecified atom stereocenters. The van der Waals surface area contributed by atoms with Crippen molar-refractivity contribution in [2.75, 3.05) is 13.2 Å². The molecule has 1 aromatic rings. The molecule has 0 bridgehead atoms. The summed E-state index contributed by atoms with van der Waals surface area (Å²) in [5, 5.41) is 3.82. The Morgan fingerprint density at radius 1 is 1.16 bits per heavy atom. The second-order valence-corrected chi connectivity index (χ2v) is 5.55. The lowest BCUT2D eigenvalue weighted by Crippen LogP contribution is -2.18. The molecule has 1 aliphatic heterocycles. The molecule has 0 aliphatic carbocycles. The molecular weight excluding hydrogens is 318 g/mol. The highest BCUT2D eigenvalue weighted by molar-refractivity contribution is 6.36. The van der Waals surface area contributed by atoms with E-state index < -0.39 is 0 Å². The van der Waals surface area contributed by atoms with Gasteiger partial charge in [0.1, 0.15) is 11.9 Å². The number of carbonyl (C=O) groups excluding carboxylic acids is 1. The number of unbranched alkanes of at least 4 members (excludes halogenated alkanes) is 3. The van der Waals surface area contributed by atoms with Crippen LogP contribution in [0.4, 0.5) is 0 Å². The van der Waals surface area contributed by atoms with Gasteiger partial charge in [-0.3, -0.25) is 0 Å². The lowest BCUT2D eigenvalue weighted by atomic mass is 10.1. The molecule has 0 N–H and O–H groups in total. The fourth-order valence-electron chi connectivity index (χ4n) is 2.45. The number of carbonyl (C=O) groups is 1. The van der Waals surface area contributed by atoms with Crippen LogP contribution in [0.2, 0.25) is 0 Å². The number of rotatable bonds is 10. The van der Waals surface area contributed by atoms with Crippen molar-refractivity contribution in [1.29, 1.82) is 0 Å². The summed E-state index contributed by atoms with van der Waals surface area (Å²) in [6.07, 6.45) is 5.89. The molecule has 140 valence electrons. The Labute approximate surface area is 151 Å². The molecule has 5 nitrogen and oxygen atoms in total. The second-order valence-electron chi connectivity index (χ2n) is 5.55. The van der Waals surface area contributed by atoms with Gasteiger partial charge in [-0.15, -0.1) is 0 Å². The van der Waals surface area contributed by atoms with Crippen LogP contribution >= 0.6 is 0 Å². The van der Waals surface area contributed by atoms with Gasteiger partial charge in [0.25, 0.3) is 0 Å². The standard InChI is InChI=1S/C18H25NO4.C2H6/c1-2-21-18(20)17-14-16(23-19-17)12-6-3-4-9-13-22-15-10-7-5-8-11-15;1-2/h5,7-8,10-11,16H,2-4,6,9,12-14H2,1H3;1-2H3. The number of esters is 1. The number of benzene rings is 1. The molecule has 25 heavy (non-hydrogen) atoms. The highest BCUT2D eigenvalue weighted by Crippen LogP contribution is 2.18. The third-order valence-corrected chi connectivity index (χ3v) is 3.68. The smallest absolute Gasteiger partial charge is 0.356 e. The third kappa shape index (κ3) is 8.57. The largest absolute Gasteiger partial charge is 0.494 e. The molecule has 0 saturated heterocycles. The van der Waals surface area contributed by atoms with Gasteiger partial charge >= 0.3 is 5.97 Å². The van der Waals surface area contributed by atoms with Crippen molar-refractivity contribution in [1.82, 2.24) is 0 Å². The Balaban J connectivity index is 0.00000151. The van der Waals surface area contributed by atoms with E-state index in [4.69, 9.17) is 14.3 Å². The molecule has 0 radical (unpaired) electrons. The Hall–Kier alpha value is -2.04. The molecule has 0 aromatic heterocycles. The maximum absolute atomic E-state index is 11.5. The summed E-state index contributed by atoms with van der Waals surface area (Å²) in [4.78, 5) is 16.8. The van der Waals surface area contributed by atoms with Crippen LogP contribution in [-0.4, -0.2) is 31.0 Å². The molecule has 2 rings (SSSR count). The summed E-state index contributed by atoms with van der Waals surface area (Å²) in [6.45, 7) is 6.90. The molecule has 0 spiro atoms. The van der Waals surface area contributed by atoms with E-state index >= 15 is 0 Å². The van der Waals surface area contributed by atoms with Crippen molar-refractivity contribution >= 4 is 11.7 Å². The highest BCUT2D eigenvalue weighted by atomic mass is 16.6. The minimum absolute atomic E-state index is 0.0231. The van der Waals surface area contributed by atoms with E-state index in [2.05, 4.69) is 5.16 Å². The molecule has 0 amide bonds. The topological polar surface area (TPSA) is 57.1 Å². The van der Waals surface area contributed by atoms with Crippen molar-refractivity contribution in [3.63, 3.8) is 0 Å². The number of hydrogen-bond donors (Lipinski definition) is 0. The van der Waals surface area contributed by atoms with Crippen LogP contribution in [0.15, 0.2) is 35.5 Å². The minimum atomic E-state index is -0.354. The summed E-state index contributed by atoms with van der Waals surface area (Å²) >= 11 is 0. The molecule has 0 fully saturated rings. The Bertz CT molecular complexity index is 502. The molecule has 1 aliphatic rings. The van der Waals surface area contributed by atoms with E-state index in [1.165, 1.54) is 0 Å². The van der Waals surface area contributed by atoms with Crippen molar-refractivity contribution in [2.24, 2.45) is 5.16 Å². The molecular formula is C20H31NO4. The van der Waals surface area contributed by atoms with Gasteiger partial charge in [0.2, 0.25) is 0 Å². The average molecular weight is 349 g/mol. The quantitative estimate of drug-likeness (QED) is 0.452. The number of nitrogens with zero attached hydrogens (tertiary/aromatic N) is 1. The first kappa shape index (κ1) is 21.0. The van der Waals surface area contributed by atoms with E-state index in [0.717, 1.165) is 44.5 Å². The third-order valence-electron chi connectivity index (χ3n) is 3.68. The first-order valence-corrected chi connectivity index (χ1v) is 9.37. The Morgan fingerprint density at radius 2 is 1.88 bits per heavy atom. The first-order valence-electron chi connectivity index (χ1n) is 9.37. The van der Waals surface area contributed by atoms with Crippen molar-refractivity contribution < 1.29 is 19.1 Å². The first-order chi connectivity index (χ1) is 12.3. The SMILES string of the molecule is CC.CCOC(=O)C1=NOC(CCCCCCOc2ccccc2)C1. The van der Waals surface area contributed by atoms with Crippen LogP contribution in [0.3, 0.4) is 0 Å². The van der Waals surface area contributed by atoms with Gasteiger partial charge in [0.15, 0.2) is 5.71 Å². The minimum Gasteiger partial charge on any atom is -0.494 e. The highest BCUT2D eigenvalue weighted by Gasteiger charge is 2.26. The van der Waals surface area contributed by atoms with Gasteiger partial charge < -0.3 is 14.3 Å².